The van der Waals surface area contributed by atoms with Gasteiger partial charge in [-0.2, -0.15) is 0 Å². The molecule has 0 fully saturated rings. The zero-order valence-corrected chi connectivity index (χ0v) is 11.0. The van der Waals surface area contributed by atoms with Crippen LogP contribution in [0.4, 0.5) is 8.78 Å². The van der Waals surface area contributed by atoms with Crippen molar-refractivity contribution in [1.29, 1.82) is 0 Å². The third kappa shape index (κ3) is 2.99. The normalized spacial score (nSPS) is 10.5. The maximum atomic E-state index is 13.6. The Bertz CT molecular complexity index is 638. The van der Waals surface area contributed by atoms with Gasteiger partial charge in [-0.15, -0.1) is 0 Å². The van der Waals surface area contributed by atoms with Crippen molar-refractivity contribution in [3.63, 3.8) is 0 Å². The molecule has 0 saturated heterocycles. The number of aryl methyl sites for hydroxylation is 1. The molecule has 0 atom stereocenters. The van der Waals surface area contributed by atoms with Crippen molar-refractivity contribution in [3.05, 3.63) is 69.7 Å². The number of ketones is 1. The van der Waals surface area contributed by atoms with Gasteiger partial charge in [-0.1, -0.05) is 29.8 Å². The molecule has 0 radical (unpaired) electrons. The summed E-state index contributed by atoms with van der Waals surface area (Å²) in [5.74, 6) is -1.93. The van der Waals surface area contributed by atoms with E-state index >= 15 is 0 Å². The highest BCUT2D eigenvalue weighted by Crippen LogP contribution is 2.20. The highest BCUT2D eigenvalue weighted by molar-refractivity contribution is 6.31. The number of Topliss-reactive ketones (excluding diaryl/α,β-unsaturated/α-hetero) is 1. The summed E-state index contributed by atoms with van der Waals surface area (Å²) in [6, 6.07) is 8.82. The SMILES string of the molecule is Cc1cc(C(=O)Cc2ccccc2Cl)c(F)cc1F. The quantitative estimate of drug-likeness (QED) is 0.764. The van der Waals surface area contributed by atoms with Crippen LogP contribution in [0.3, 0.4) is 0 Å². The molecular weight excluding hydrogens is 270 g/mol. The molecule has 0 aromatic heterocycles. The van der Waals surface area contributed by atoms with Gasteiger partial charge < -0.3 is 0 Å². The minimum absolute atomic E-state index is 0.0122. The van der Waals surface area contributed by atoms with E-state index in [-0.39, 0.29) is 17.5 Å². The number of carbonyl (C=O) groups is 1. The first-order valence-electron chi connectivity index (χ1n) is 5.71. The lowest BCUT2D eigenvalue weighted by atomic mass is 10.0. The Morgan fingerprint density at radius 3 is 2.53 bits per heavy atom. The highest BCUT2D eigenvalue weighted by atomic mass is 35.5. The number of hydrogen-bond acceptors (Lipinski definition) is 1. The van der Waals surface area contributed by atoms with Crippen LogP contribution in [0.15, 0.2) is 36.4 Å². The molecule has 0 unspecified atom stereocenters. The first-order chi connectivity index (χ1) is 8.99. The lowest BCUT2D eigenvalue weighted by Crippen LogP contribution is -2.08. The van der Waals surface area contributed by atoms with Gasteiger partial charge in [0.1, 0.15) is 11.6 Å². The Balaban J connectivity index is 2.31. The largest absolute Gasteiger partial charge is 0.294 e. The van der Waals surface area contributed by atoms with Crippen LogP contribution in [0.2, 0.25) is 5.02 Å². The van der Waals surface area contributed by atoms with Crippen molar-refractivity contribution < 1.29 is 13.6 Å². The van der Waals surface area contributed by atoms with Crippen LogP contribution in [0.1, 0.15) is 21.5 Å². The van der Waals surface area contributed by atoms with Gasteiger partial charge in [0.2, 0.25) is 0 Å². The van der Waals surface area contributed by atoms with E-state index in [1.807, 2.05) is 0 Å². The monoisotopic (exact) mass is 280 g/mol. The standard InChI is InChI=1S/C15H11ClF2O/c1-9-6-11(14(18)8-13(9)17)15(19)7-10-4-2-3-5-12(10)16/h2-6,8H,7H2,1H3. The zero-order valence-electron chi connectivity index (χ0n) is 10.2. The molecule has 0 saturated carbocycles. The summed E-state index contributed by atoms with van der Waals surface area (Å²) in [4.78, 5) is 12.0. The van der Waals surface area contributed by atoms with Gasteiger partial charge >= 0.3 is 0 Å². The molecule has 0 aliphatic carbocycles. The van der Waals surface area contributed by atoms with E-state index in [1.54, 1.807) is 24.3 Å². The van der Waals surface area contributed by atoms with Crippen molar-refractivity contribution in [2.45, 2.75) is 13.3 Å². The van der Waals surface area contributed by atoms with Crippen molar-refractivity contribution in [2.24, 2.45) is 0 Å². The summed E-state index contributed by atoms with van der Waals surface area (Å²) in [5, 5.41) is 0.454. The fraction of sp³-hybridized carbons (Fsp3) is 0.133. The number of rotatable bonds is 3. The molecule has 1 nitrogen and oxygen atoms in total. The van der Waals surface area contributed by atoms with E-state index < -0.39 is 17.4 Å². The van der Waals surface area contributed by atoms with Crippen LogP contribution in [0.5, 0.6) is 0 Å². The highest BCUT2D eigenvalue weighted by Gasteiger charge is 2.16. The van der Waals surface area contributed by atoms with E-state index in [9.17, 15) is 13.6 Å². The Labute approximate surface area is 114 Å². The molecule has 98 valence electrons. The van der Waals surface area contributed by atoms with E-state index in [4.69, 9.17) is 11.6 Å². The van der Waals surface area contributed by atoms with Crippen LogP contribution in [-0.4, -0.2) is 5.78 Å². The fourth-order valence-electron chi connectivity index (χ4n) is 1.78. The van der Waals surface area contributed by atoms with Crippen LogP contribution < -0.4 is 0 Å². The first kappa shape index (κ1) is 13.7. The average molecular weight is 281 g/mol. The second kappa shape index (κ2) is 5.49. The third-order valence-corrected chi connectivity index (χ3v) is 3.23. The van der Waals surface area contributed by atoms with Gasteiger partial charge in [0, 0.05) is 17.5 Å². The average Bonchev–Trinajstić information content (AvgIpc) is 2.36. The van der Waals surface area contributed by atoms with E-state index in [0.717, 1.165) is 6.07 Å². The van der Waals surface area contributed by atoms with Gasteiger partial charge in [0.15, 0.2) is 5.78 Å². The Morgan fingerprint density at radius 2 is 1.84 bits per heavy atom. The molecule has 2 rings (SSSR count). The van der Waals surface area contributed by atoms with Crippen molar-refractivity contribution in [1.82, 2.24) is 0 Å². The van der Waals surface area contributed by atoms with Crippen molar-refractivity contribution in [3.8, 4) is 0 Å². The molecule has 0 spiro atoms. The van der Waals surface area contributed by atoms with E-state index in [2.05, 4.69) is 0 Å². The summed E-state index contributed by atoms with van der Waals surface area (Å²) < 4.78 is 26.7. The number of benzene rings is 2. The number of hydrogen-bond donors (Lipinski definition) is 0. The van der Waals surface area contributed by atoms with Gasteiger partial charge in [-0.05, 0) is 30.2 Å². The number of carbonyl (C=O) groups excluding carboxylic acids is 1. The summed E-state index contributed by atoms with van der Waals surface area (Å²) in [6.45, 7) is 1.49. The van der Waals surface area contributed by atoms with Crippen LogP contribution in [0, 0.1) is 18.6 Å². The van der Waals surface area contributed by atoms with Crippen molar-refractivity contribution >= 4 is 17.4 Å². The predicted octanol–water partition coefficient (Wildman–Crippen LogP) is 4.35. The second-order valence-corrected chi connectivity index (χ2v) is 4.68. The number of halogens is 3. The molecule has 19 heavy (non-hydrogen) atoms. The summed E-state index contributed by atoms with van der Waals surface area (Å²) in [6.07, 6.45) is -0.0122. The minimum Gasteiger partial charge on any atom is -0.294 e. The second-order valence-electron chi connectivity index (χ2n) is 4.27. The molecule has 0 aliphatic heterocycles. The molecule has 2 aromatic carbocycles. The van der Waals surface area contributed by atoms with Crippen LogP contribution in [0.25, 0.3) is 0 Å². The fourth-order valence-corrected chi connectivity index (χ4v) is 1.98. The van der Waals surface area contributed by atoms with Crippen molar-refractivity contribution in [2.75, 3.05) is 0 Å². The Morgan fingerprint density at radius 1 is 1.16 bits per heavy atom. The molecule has 4 heteroatoms. The molecular formula is C15H11ClF2O. The molecule has 0 aliphatic rings. The zero-order chi connectivity index (χ0) is 14.0. The molecule has 0 amide bonds. The summed E-state index contributed by atoms with van der Waals surface area (Å²) >= 11 is 5.95. The lowest BCUT2D eigenvalue weighted by Gasteiger charge is -2.06. The van der Waals surface area contributed by atoms with Gasteiger partial charge in [0.05, 0.1) is 5.56 Å². The molecule has 0 heterocycles. The smallest absolute Gasteiger partial charge is 0.170 e. The first-order valence-corrected chi connectivity index (χ1v) is 6.09. The summed E-state index contributed by atoms with van der Waals surface area (Å²) in [7, 11) is 0. The van der Waals surface area contributed by atoms with Gasteiger partial charge in [0.25, 0.3) is 0 Å². The lowest BCUT2D eigenvalue weighted by molar-refractivity contribution is 0.0989. The Hall–Kier alpha value is -1.74. The third-order valence-electron chi connectivity index (χ3n) is 2.86. The molecule has 0 bridgehead atoms. The van der Waals surface area contributed by atoms with Gasteiger partial charge in [-0.25, -0.2) is 8.78 Å². The Kier molecular flexibility index (Phi) is 3.96. The molecule has 2 aromatic rings. The predicted molar refractivity (Wildman–Crippen MR) is 70.6 cm³/mol. The maximum absolute atomic E-state index is 13.6. The van der Waals surface area contributed by atoms with E-state index in [0.29, 0.717) is 10.6 Å². The molecule has 0 N–H and O–H groups in total. The minimum atomic E-state index is -0.847. The van der Waals surface area contributed by atoms with Crippen LogP contribution in [-0.2, 0) is 6.42 Å². The van der Waals surface area contributed by atoms with Crippen LogP contribution >= 0.6 is 11.6 Å². The topological polar surface area (TPSA) is 17.1 Å². The summed E-state index contributed by atoms with van der Waals surface area (Å²) in [5.41, 5.74) is 0.748. The maximum Gasteiger partial charge on any atom is 0.170 e. The van der Waals surface area contributed by atoms with Gasteiger partial charge in [-0.3, -0.25) is 4.79 Å². The van der Waals surface area contributed by atoms with E-state index in [1.165, 1.54) is 13.0 Å².